The lowest BCUT2D eigenvalue weighted by Crippen LogP contribution is -2.30. The molecule has 1 N–H and O–H groups in total. The van der Waals surface area contributed by atoms with E-state index < -0.39 is 10.0 Å². The van der Waals surface area contributed by atoms with Gasteiger partial charge in [0, 0.05) is 22.8 Å². The number of hydrogen-bond donors (Lipinski definition) is 1. The number of benzene rings is 1. The first-order valence-electron chi connectivity index (χ1n) is 6.73. The molecular formula is C15H19NO3S2. The number of thiophene rings is 1. The summed E-state index contributed by atoms with van der Waals surface area (Å²) in [4.78, 5) is 1.68. The first-order valence-corrected chi connectivity index (χ1v) is 8.99. The largest absolute Gasteiger partial charge is 0.391 e. The van der Waals surface area contributed by atoms with Gasteiger partial charge in [-0.3, -0.25) is 0 Å². The van der Waals surface area contributed by atoms with Crippen LogP contribution in [0.1, 0.15) is 22.2 Å². The van der Waals surface area contributed by atoms with E-state index in [1.54, 1.807) is 13.0 Å². The molecule has 0 aliphatic carbocycles. The van der Waals surface area contributed by atoms with Crippen molar-refractivity contribution in [1.82, 2.24) is 4.31 Å². The molecule has 0 aliphatic rings. The molecule has 0 unspecified atom stereocenters. The highest BCUT2D eigenvalue weighted by molar-refractivity contribution is 7.89. The molecule has 1 aromatic carbocycles. The molecule has 0 amide bonds. The predicted octanol–water partition coefficient (Wildman–Crippen LogP) is 2.76. The van der Waals surface area contributed by atoms with Crippen molar-refractivity contribution in [2.75, 3.05) is 6.54 Å². The summed E-state index contributed by atoms with van der Waals surface area (Å²) in [5.41, 5.74) is 0.957. The third-order valence-corrected chi connectivity index (χ3v) is 6.46. The number of sulfonamides is 1. The summed E-state index contributed by atoms with van der Waals surface area (Å²) in [6.07, 6.45) is 0. The Morgan fingerprint density at radius 2 is 1.90 bits per heavy atom. The van der Waals surface area contributed by atoms with Crippen LogP contribution in [0.4, 0.5) is 0 Å². The molecule has 4 nitrogen and oxygen atoms in total. The van der Waals surface area contributed by atoms with Gasteiger partial charge < -0.3 is 5.11 Å². The standard InChI is InChI=1S/C15H19NO3S2/c1-3-16(10-13-7-5-4-6-8-13)21(18,19)15-9-14(11-17)20-12(15)2/h4-9,17H,3,10-11H2,1-2H3. The summed E-state index contributed by atoms with van der Waals surface area (Å²) >= 11 is 1.32. The second kappa shape index (κ2) is 6.70. The monoisotopic (exact) mass is 325 g/mol. The first-order chi connectivity index (χ1) is 9.98. The quantitative estimate of drug-likeness (QED) is 0.888. The molecule has 0 atom stereocenters. The fourth-order valence-corrected chi connectivity index (χ4v) is 5.05. The van der Waals surface area contributed by atoms with Gasteiger partial charge in [-0.2, -0.15) is 4.31 Å². The maximum absolute atomic E-state index is 12.8. The molecule has 21 heavy (non-hydrogen) atoms. The van der Waals surface area contributed by atoms with Crippen LogP contribution in [0.15, 0.2) is 41.3 Å². The Bertz CT molecular complexity index is 693. The molecule has 0 spiro atoms. The van der Waals surface area contributed by atoms with Crippen LogP contribution in [0, 0.1) is 6.92 Å². The molecule has 1 heterocycles. The average molecular weight is 325 g/mol. The van der Waals surface area contributed by atoms with Gasteiger partial charge >= 0.3 is 0 Å². The van der Waals surface area contributed by atoms with Gasteiger partial charge in [0.25, 0.3) is 0 Å². The molecule has 0 saturated heterocycles. The van der Waals surface area contributed by atoms with Crippen molar-refractivity contribution in [3.05, 3.63) is 51.7 Å². The van der Waals surface area contributed by atoms with Gasteiger partial charge in [-0.25, -0.2) is 8.42 Å². The highest BCUT2D eigenvalue weighted by Gasteiger charge is 2.26. The third-order valence-electron chi connectivity index (χ3n) is 3.25. The molecule has 0 aliphatic heterocycles. The van der Waals surface area contributed by atoms with Crippen molar-refractivity contribution in [3.63, 3.8) is 0 Å². The zero-order valence-electron chi connectivity index (χ0n) is 12.1. The molecule has 2 rings (SSSR count). The van der Waals surface area contributed by atoms with Crippen molar-refractivity contribution >= 4 is 21.4 Å². The number of aliphatic hydroxyl groups is 1. The van der Waals surface area contributed by atoms with Crippen LogP contribution in [-0.2, 0) is 23.2 Å². The number of aliphatic hydroxyl groups excluding tert-OH is 1. The zero-order chi connectivity index (χ0) is 15.5. The molecule has 0 fully saturated rings. The summed E-state index contributed by atoms with van der Waals surface area (Å²) in [6, 6.07) is 11.1. The maximum atomic E-state index is 12.8. The number of hydrogen-bond acceptors (Lipinski definition) is 4. The fourth-order valence-electron chi connectivity index (χ4n) is 2.15. The molecule has 6 heteroatoms. The fraction of sp³-hybridized carbons (Fsp3) is 0.333. The summed E-state index contributed by atoms with van der Waals surface area (Å²) in [5, 5.41) is 9.17. The normalized spacial score (nSPS) is 12.0. The lowest BCUT2D eigenvalue weighted by molar-refractivity contribution is 0.285. The highest BCUT2D eigenvalue weighted by Crippen LogP contribution is 2.29. The third kappa shape index (κ3) is 3.52. The minimum Gasteiger partial charge on any atom is -0.391 e. The van der Waals surface area contributed by atoms with E-state index in [0.717, 1.165) is 5.56 Å². The lowest BCUT2D eigenvalue weighted by atomic mass is 10.2. The van der Waals surface area contributed by atoms with Crippen LogP contribution in [0.25, 0.3) is 0 Å². The number of nitrogens with zero attached hydrogens (tertiary/aromatic N) is 1. The van der Waals surface area contributed by atoms with E-state index in [0.29, 0.717) is 27.7 Å². The molecule has 0 bridgehead atoms. The van der Waals surface area contributed by atoms with Gasteiger partial charge in [-0.05, 0) is 18.6 Å². The SMILES string of the molecule is CCN(Cc1ccccc1)S(=O)(=O)c1cc(CO)sc1C. The lowest BCUT2D eigenvalue weighted by Gasteiger charge is -2.20. The second-order valence-corrected chi connectivity index (χ2v) is 7.96. The summed E-state index contributed by atoms with van der Waals surface area (Å²) < 4.78 is 27.0. The van der Waals surface area contributed by atoms with Gasteiger partial charge in [0.1, 0.15) is 0 Å². The molecule has 1 aromatic heterocycles. The zero-order valence-corrected chi connectivity index (χ0v) is 13.7. The minimum atomic E-state index is -3.54. The van der Waals surface area contributed by atoms with Crippen LogP contribution in [-0.4, -0.2) is 24.4 Å². The van der Waals surface area contributed by atoms with E-state index >= 15 is 0 Å². The van der Waals surface area contributed by atoms with E-state index in [-0.39, 0.29) is 6.61 Å². The Labute approximate surface area is 129 Å². The van der Waals surface area contributed by atoms with Gasteiger partial charge in [0.05, 0.1) is 11.5 Å². The highest BCUT2D eigenvalue weighted by atomic mass is 32.2. The van der Waals surface area contributed by atoms with Crippen molar-refractivity contribution in [2.45, 2.75) is 31.9 Å². The van der Waals surface area contributed by atoms with Gasteiger partial charge in [-0.15, -0.1) is 11.3 Å². The Hall–Kier alpha value is -1.21. The van der Waals surface area contributed by atoms with E-state index in [4.69, 9.17) is 0 Å². The van der Waals surface area contributed by atoms with Crippen LogP contribution in [0.3, 0.4) is 0 Å². The average Bonchev–Trinajstić information content (AvgIpc) is 2.87. The van der Waals surface area contributed by atoms with E-state index in [1.165, 1.54) is 15.6 Å². The summed E-state index contributed by atoms with van der Waals surface area (Å²) in [5.74, 6) is 0. The summed E-state index contributed by atoms with van der Waals surface area (Å²) in [6.45, 7) is 4.22. The van der Waals surface area contributed by atoms with Crippen LogP contribution in [0.5, 0.6) is 0 Å². The van der Waals surface area contributed by atoms with Crippen molar-refractivity contribution in [2.24, 2.45) is 0 Å². The molecule has 0 saturated carbocycles. The Morgan fingerprint density at radius 1 is 1.24 bits per heavy atom. The van der Waals surface area contributed by atoms with Crippen LogP contribution < -0.4 is 0 Å². The second-order valence-electron chi connectivity index (χ2n) is 4.71. The van der Waals surface area contributed by atoms with Crippen LogP contribution in [0.2, 0.25) is 0 Å². The molecule has 0 radical (unpaired) electrons. The topological polar surface area (TPSA) is 57.6 Å². The van der Waals surface area contributed by atoms with Crippen LogP contribution >= 0.6 is 11.3 Å². The molecule has 114 valence electrons. The van der Waals surface area contributed by atoms with E-state index in [2.05, 4.69) is 0 Å². The summed E-state index contributed by atoms with van der Waals surface area (Å²) in [7, 11) is -3.54. The van der Waals surface area contributed by atoms with Crippen molar-refractivity contribution in [1.29, 1.82) is 0 Å². The molecule has 2 aromatic rings. The Kier molecular flexibility index (Phi) is 5.16. The van der Waals surface area contributed by atoms with Crippen molar-refractivity contribution in [3.8, 4) is 0 Å². The number of rotatable bonds is 6. The van der Waals surface area contributed by atoms with E-state index in [9.17, 15) is 13.5 Å². The van der Waals surface area contributed by atoms with Gasteiger partial charge in [-0.1, -0.05) is 37.3 Å². The Morgan fingerprint density at radius 3 is 2.43 bits per heavy atom. The van der Waals surface area contributed by atoms with Gasteiger partial charge in [0.2, 0.25) is 10.0 Å². The first kappa shape index (κ1) is 16.2. The Balaban J connectivity index is 2.33. The number of aryl methyl sites for hydroxylation is 1. The van der Waals surface area contributed by atoms with Crippen molar-refractivity contribution < 1.29 is 13.5 Å². The predicted molar refractivity (Wildman–Crippen MR) is 84.7 cm³/mol. The molecular weight excluding hydrogens is 306 g/mol. The smallest absolute Gasteiger partial charge is 0.244 e. The van der Waals surface area contributed by atoms with Gasteiger partial charge in [0.15, 0.2) is 0 Å². The minimum absolute atomic E-state index is 0.133. The maximum Gasteiger partial charge on any atom is 0.244 e. The van der Waals surface area contributed by atoms with E-state index in [1.807, 2.05) is 37.3 Å².